The molecule has 0 aromatic carbocycles. The maximum atomic E-state index is 12.1. The summed E-state index contributed by atoms with van der Waals surface area (Å²) in [5, 5.41) is 0. The van der Waals surface area contributed by atoms with E-state index in [1.165, 1.54) is 64.2 Å². The molecule has 0 unspecified atom stereocenters. The predicted molar refractivity (Wildman–Crippen MR) is 82.5 cm³/mol. The maximum Gasteiger partial charge on any atom is 0.333 e. The molecule has 2 aliphatic carbocycles. The van der Waals surface area contributed by atoms with Gasteiger partial charge in [0.15, 0.2) is 0 Å². The molecule has 0 bridgehead atoms. The van der Waals surface area contributed by atoms with Crippen molar-refractivity contribution in [2.75, 3.05) is 0 Å². The van der Waals surface area contributed by atoms with E-state index in [4.69, 9.17) is 4.74 Å². The lowest BCUT2D eigenvalue weighted by molar-refractivity contribution is -0.164. The van der Waals surface area contributed by atoms with Crippen molar-refractivity contribution < 1.29 is 9.53 Å². The third-order valence-electron chi connectivity index (χ3n) is 5.19. The molecule has 0 aromatic rings. The number of carbonyl (C=O) groups is 1. The number of ether oxygens (including phenoxy) is 1. The van der Waals surface area contributed by atoms with Crippen molar-refractivity contribution in [1.29, 1.82) is 0 Å². The van der Waals surface area contributed by atoms with Gasteiger partial charge in [0.25, 0.3) is 0 Å². The minimum atomic E-state index is -0.184. The van der Waals surface area contributed by atoms with Crippen LogP contribution in [0.2, 0.25) is 0 Å². The van der Waals surface area contributed by atoms with Gasteiger partial charge in [-0.15, -0.1) is 0 Å². The van der Waals surface area contributed by atoms with Gasteiger partial charge in [-0.25, -0.2) is 4.79 Å². The van der Waals surface area contributed by atoms with E-state index < -0.39 is 0 Å². The van der Waals surface area contributed by atoms with Gasteiger partial charge in [0.05, 0.1) is 0 Å². The van der Waals surface area contributed by atoms with Gasteiger partial charge in [0.2, 0.25) is 0 Å². The lowest BCUT2D eigenvalue weighted by Gasteiger charge is -2.40. The SMILES string of the molecule is C=C(C)C(=O)OC1(C2CCCCCC2)CCCCCC1. The summed E-state index contributed by atoms with van der Waals surface area (Å²) in [4.78, 5) is 12.1. The molecule has 2 nitrogen and oxygen atoms in total. The third-order valence-corrected chi connectivity index (χ3v) is 5.19. The normalized spacial score (nSPS) is 24.4. The smallest absolute Gasteiger partial charge is 0.333 e. The molecule has 0 atom stereocenters. The minimum Gasteiger partial charge on any atom is -0.455 e. The summed E-state index contributed by atoms with van der Waals surface area (Å²) in [5.41, 5.74) is 0.360. The van der Waals surface area contributed by atoms with Crippen molar-refractivity contribution in [2.45, 2.75) is 89.6 Å². The van der Waals surface area contributed by atoms with E-state index >= 15 is 0 Å². The molecule has 2 fully saturated rings. The lowest BCUT2D eigenvalue weighted by atomic mass is 9.76. The second-order valence-corrected chi connectivity index (χ2v) is 6.84. The zero-order chi connectivity index (χ0) is 14.4. The Hall–Kier alpha value is -0.790. The van der Waals surface area contributed by atoms with E-state index in [2.05, 4.69) is 6.58 Å². The van der Waals surface area contributed by atoms with Crippen LogP contribution in [0.4, 0.5) is 0 Å². The maximum absolute atomic E-state index is 12.1. The number of hydrogen-bond acceptors (Lipinski definition) is 2. The highest BCUT2D eigenvalue weighted by Gasteiger charge is 2.42. The average molecular weight is 278 g/mol. The molecule has 2 rings (SSSR count). The van der Waals surface area contributed by atoms with Crippen molar-refractivity contribution in [3.8, 4) is 0 Å². The zero-order valence-corrected chi connectivity index (χ0v) is 13.1. The fourth-order valence-corrected chi connectivity index (χ4v) is 4.00. The first-order valence-corrected chi connectivity index (χ1v) is 8.53. The highest BCUT2D eigenvalue weighted by molar-refractivity contribution is 5.87. The number of hydrogen-bond donors (Lipinski definition) is 0. The Kier molecular flexibility index (Phi) is 5.68. The zero-order valence-electron chi connectivity index (χ0n) is 13.1. The summed E-state index contributed by atoms with van der Waals surface area (Å²) in [7, 11) is 0. The summed E-state index contributed by atoms with van der Waals surface area (Å²) in [6.45, 7) is 5.53. The molecular formula is C18H30O2. The Balaban J connectivity index is 2.16. The molecule has 0 radical (unpaired) electrons. The van der Waals surface area contributed by atoms with E-state index in [-0.39, 0.29) is 11.6 Å². The molecule has 2 aliphatic rings. The first-order valence-electron chi connectivity index (χ1n) is 8.53. The molecule has 0 N–H and O–H groups in total. The summed E-state index contributed by atoms with van der Waals surface area (Å²) in [5.74, 6) is 0.405. The van der Waals surface area contributed by atoms with Crippen molar-refractivity contribution in [3.63, 3.8) is 0 Å². The molecule has 0 saturated heterocycles. The number of esters is 1. The van der Waals surface area contributed by atoms with Crippen LogP contribution in [0, 0.1) is 5.92 Å². The quantitative estimate of drug-likeness (QED) is 0.404. The van der Waals surface area contributed by atoms with Crippen LogP contribution < -0.4 is 0 Å². The van der Waals surface area contributed by atoms with Crippen LogP contribution in [0.25, 0.3) is 0 Å². The fraction of sp³-hybridized carbons (Fsp3) is 0.833. The Bertz CT molecular complexity index is 329. The summed E-state index contributed by atoms with van der Waals surface area (Å²) < 4.78 is 6.08. The molecule has 20 heavy (non-hydrogen) atoms. The molecule has 114 valence electrons. The first kappa shape index (κ1) is 15.6. The molecule has 0 amide bonds. The van der Waals surface area contributed by atoms with E-state index in [0.717, 1.165) is 12.8 Å². The predicted octanol–water partition coefficient (Wildman–Crippen LogP) is 5.17. The molecule has 0 heterocycles. The molecule has 0 spiro atoms. The Morgan fingerprint density at radius 3 is 1.95 bits per heavy atom. The fourth-order valence-electron chi connectivity index (χ4n) is 4.00. The van der Waals surface area contributed by atoms with Crippen molar-refractivity contribution in [1.82, 2.24) is 0 Å². The second-order valence-electron chi connectivity index (χ2n) is 6.84. The van der Waals surface area contributed by atoms with Gasteiger partial charge in [-0.05, 0) is 51.4 Å². The van der Waals surface area contributed by atoms with Crippen molar-refractivity contribution in [3.05, 3.63) is 12.2 Å². The van der Waals surface area contributed by atoms with Crippen LogP contribution in [0.5, 0.6) is 0 Å². The van der Waals surface area contributed by atoms with Gasteiger partial charge >= 0.3 is 5.97 Å². The Morgan fingerprint density at radius 2 is 1.45 bits per heavy atom. The van der Waals surface area contributed by atoms with Crippen LogP contribution in [0.15, 0.2) is 12.2 Å². The van der Waals surface area contributed by atoms with Crippen LogP contribution in [-0.4, -0.2) is 11.6 Å². The van der Waals surface area contributed by atoms with E-state index in [1.54, 1.807) is 6.92 Å². The Morgan fingerprint density at radius 1 is 0.950 bits per heavy atom. The summed E-state index contributed by atoms with van der Waals surface area (Å²) >= 11 is 0. The monoisotopic (exact) mass is 278 g/mol. The molecule has 0 aromatic heterocycles. The summed E-state index contributed by atoms with van der Waals surface area (Å²) in [6.07, 6.45) is 14.9. The number of rotatable bonds is 3. The second kappa shape index (κ2) is 7.28. The van der Waals surface area contributed by atoms with E-state index in [0.29, 0.717) is 11.5 Å². The standard InChI is InChI=1S/C18H30O2/c1-15(2)17(19)20-18(13-9-5-6-10-14-18)16-11-7-3-4-8-12-16/h16H,1,3-14H2,2H3. The highest BCUT2D eigenvalue weighted by Crippen LogP contribution is 2.43. The van der Waals surface area contributed by atoms with Gasteiger partial charge < -0.3 is 4.74 Å². The largest absolute Gasteiger partial charge is 0.455 e. The van der Waals surface area contributed by atoms with E-state index in [1.807, 2.05) is 0 Å². The first-order chi connectivity index (χ1) is 9.64. The van der Waals surface area contributed by atoms with Gasteiger partial charge in [-0.3, -0.25) is 0 Å². The van der Waals surface area contributed by atoms with Crippen LogP contribution >= 0.6 is 0 Å². The van der Waals surface area contributed by atoms with Gasteiger partial charge in [0, 0.05) is 5.57 Å². The topological polar surface area (TPSA) is 26.3 Å². The molecular weight excluding hydrogens is 248 g/mol. The third kappa shape index (κ3) is 3.86. The van der Waals surface area contributed by atoms with Gasteiger partial charge in [0.1, 0.15) is 5.60 Å². The van der Waals surface area contributed by atoms with Crippen LogP contribution in [0.3, 0.4) is 0 Å². The average Bonchev–Trinajstić information content (AvgIpc) is 2.81. The van der Waals surface area contributed by atoms with Crippen LogP contribution in [0.1, 0.15) is 84.0 Å². The highest BCUT2D eigenvalue weighted by atomic mass is 16.6. The minimum absolute atomic E-state index is 0.170. The summed E-state index contributed by atoms with van der Waals surface area (Å²) in [6, 6.07) is 0. The lowest BCUT2D eigenvalue weighted by Crippen LogP contribution is -2.42. The van der Waals surface area contributed by atoms with Crippen molar-refractivity contribution in [2.24, 2.45) is 5.92 Å². The Labute approximate surface area is 124 Å². The van der Waals surface area contributed by atoms with Gasteiger partial charge in [-0.1, -0.05) is 45.1 Å². The molecule has 0 aliphatic heterocycles. The molecule has 2 saturated carbocycles. The van der Waals surface area contributed by atoms with Gasteiger partial charge in [-0.2, -0.15) is 0 Å². The van der Waals surface area contributed by atoms with Crippen molar-refractivity contribution >= 4 is 5.97 Å². The number of carbonyl (C=O) groups excluding carboxylic acids is 1. The van der Waals surface area contributed by atoms with E-state index in [9.17, 15) is 4.79 Å². The molecule has 2 heteroatoms. The van der Waals surface area contributed by atoms with Crippen LogP contribution in [-0.2, 0) is 9.53 Å².